The number of hydrogen-bond acceptors (Lipinski definition) is 5. The van der Waals surface area contributed by atoms with Crippen LogP contribution in [0.3, 0.4) is 0 Å². The van der Waals surface area contributed by atoms with E-state index in [0.29, 0.717) is 42.1 Å². The van der Waals surface area contributed by atoms with Gasteiger partial charge in [0.1, 0.15) is 0 Å². The monoisotopic (exact) mass is 522 g/mol. The highest BCUT2D eigenvalue weighted by Gasteiger charge is 2.23. The van der Waals surface area contributed by atoms with Gasteiger partial charge in [-0.15, -0.1) is 23.7 Å². The number of aryl methyl sites for hydroxylation is 1. The van der Waals surface area contributed by atoms with Crippen LogP contribution in [0.1, 0.15) is 49.7 Å². The van der Waals surface area contributed by atoms with Crippen molar-refractivity contribution in [1.29, 1.82) is 0 Å². The van der Waals surface area contributed by atoms with Crippen molar-refractivity contribution in [2.45, 2.75) is 25.9 Å². The van der Waals surface area contributed by atoms with E-state index in [1.807, 2.05) is 60.9 Å². The predicted molar refractivity (Wildman–Crippen MR) is 147 cm³/mol. The Bertz CT molecular complexity index is 1420. The van der Waals surface area contributed by atoms with Gasteiger partial charge in [-0.1, -0.05) is 30.3 Å². The summed E-state index contributed by atoms with van der Waals surface area (Å²) in [6.07, 6.45) is 4.59. The second-order valence-corrected chi connectivity index (χ2v) is 9.62. The maximum absolute atomic E-state index is 13.1. The number of aromatic nitrogens is 2. The second kappa shape index (κ2) is 11.1. The van der Waals surface area contributed by atoms with Crippen LogP contribution in [0.4, 0.5) is 5.69 Å². The molecule has 0 unspecified atom stereocenters. The number of halogens is 1. The smallest absolute Gasteiger partial charge is 0.266 e. The van der Waals surface area contributed by atoms with Crippen molar-refractivity contribution < 1.29 is 14.7 Å². The molecule has 1 saturated heterocycles. The molecule has 9 heteroatoms. The third kappa shape index (κ3) is 5.36. The van der Waals surface area contributed by atoms with Gasteiger partial charge in [0.2, 0.25) is 0 Å². The molecule has 0 atom stereocenters. The summed E-state index contributed by atoms with van der Waals surface area (Å²) in [6, 6.07) is 15.1. The number of nitrogens with one attached hydrogen (secondary N) is 2. The normalized spacial score (nSPS) is 14.2. The zero-order valence-corrected chi connectivity index (χ0v) is 21.4. The lowest BCUT2D eigenvalue weighted by Gasteiger charge is -2.29. The highest BCUT2D eigenvalue weighted by atomic mass is 35.5. The van der Waals surface area contributed by atoms with Crippen LogP contribution in [0.5, 0.6) is 0 Å². The minimum atomic E-state index is -0.353. The van der Waals surface area contributed by atoms with Crippen molar-refractivity contribution in [2.75, 3.05) is 18.4 Å². The van der Waals surface area contributed by atoms with Crippen molar-refractivity contribution >= 4 is 64.3 Å². The zero-order valence-electron chi connectivity index (χ0n) is 19.7. The number of nitrogens with zero attached hydrogens (tertiary/aromatic N) is 2. The number of hydrogen-bond donors (Lipinski definition) is 3. The van der Waals surface area contributed by atoms with Gasteiger partial charge in [-0.3, -0.25) is 14.7 Å². The molecule has 2 aromatic carbocycles. The van der Waals surface area contributed by atoms with Gasteiger partial charge < -0.3 is 15.3 Å². The molecule has 0 saturated carbocycles. The average molecular weight is 523 g/mol. The molecule has 1 fully saturated rings. The first-order valence-electron chi connectivity index (χ1n) is 11.6. The number of benzene rings is 2. The van der Waals surface area contributed by atoms with Crippen molar-refractivity contribution in [1.82, 2.24) is 15.1 Å². The molecular weight excluding hydrogens is 496 g/mol. The number of anilines is 1. The highest BCUT2D eigenvalue weighted by Crippen LogP contribution is 2.26. The van der Waals surface area contributed by atoms with Gasteiger partial charge in [0.15, 0.2) is 0 Å². The van der Waals surface area contributed by atoms with E-state index in [4.69, 9.17) is 0 Å². The molecule has 2 aromatic heterocycles. The SMILES string of the molecule is Cc1ccsc1C(=O)Nc1cc(C(=O)N2CCC(O)CC2)ccc1C=Cc1n[nH]c2ccccc12.Cl. The fourth-order valence-electron chi connectivity index (χ4n) is 4.26. The Morgan fingerprint density at radius 2 is 1.92 bits per heavy atom. The van der Waals surface area contributed by atoms with Gasteiger partial charge in [-0.25, -0.2) is 0 Å². The number of carbonyl (C=O) groups is 2. The number of fused-ring (bicyclic) bond motifs is 1. The predicted octanol–water partition coefficient (Wildman–Crippen LogP) is 5.37. The Balaban J connectivity index is 0.00000304. The minimum absolute atomic E-state index is 0. The third-order valence-corrected chi connectivity index (χ3v) is 7.30. The van der Waals surface area contributed by atoms with Gasteiger partial charge in [0.25, 0.3) is 11.8 Å². The van der Waals surface area contributed by atoms with E-state index in [9.17, 15) is 14.7 Å². The summed E-state index contributed by atoms with van der Waals surface area (Å²) in [5, 5.41) is 23.1. The molecule has 4 aromatic rings. The number of carbonyl (C=O) groups excluding carboxylic acids is 2. The van der Waals surface area contributed by atoms with Crippen LogP contribution in [0.15, 0.2) is 53.9 Å². The zero-order chi connectivity index (χ0) is 24.4. The first kappa shape index (κ1) is 25.6. The second-order valence-electron chi connectivity index (χ2n) is 8.70. The average Bonchev–Trinajstić information content (AvgIpc) is 3.49. The first-order valence-corrected chi connectivity index (χ1v) is 12.5. The Kier molecular flexibility index (Phi) is 7.88. The summed E-state index contributed by atoms with van der Waals surface area (Å²) in [5.74, 6) is -0.309. The van der Waals surface area contributed by atoms with E-state index in [-0.39, 0.29) is 30.3 Å². The number of para-hydroxylation sites is 1. The van der Waals surface area contributed by atoms with Crippen LogP contribution in [0.25, 0.3) is 23.1 Å². The number of H-pyrrole nitrogens is 1. The lowest BCUT2D eigenvalue weighted by atomic mass is 10.0. The van der Waals surface area contributed by atoms with Gasteiger partial charge in [-0.2, -0.15) is 5.10 Å². The summed E-state index contributed by atoms with van der Waals surface area (Å²) in [7, 11) is 0. The molecule has 0 spiro atoms. The standard InChI is InChI=1S/C27H26N4O3S.ClH/c1-17-12-15-35-25(17)26(33)28-24-16-19(27(34)31-13-10-20(32)11-14-31)7-6-18(24)8-9-23-21-4-2-3-5-22(21)29-30-23;/h2-9,12,15-16,20,32H,10-11,13-14H2,1H3,(H,28,33)(H,29,30);1H. The molecule has 7 nitrogen and oxygen atoms in total. The van der Waals surface area contributed by atoms with Crippen molar-refractivity contribution in [3.8, 4) is 0 Å². The van der Waals surface area contributed by atoms with Crippen LogP contribution < -0.4 is 5.32 Å². The summed E-state index contributed by atoms with van der Waals surface area (Å²) >= 11 is 1.39. The van der Waals surface area contributed by atoms with Gasteiger partial charge in [0.05, 0.1) is 22.2 Å². The summed E-state index contributed by atoms with van der Waals surface area (Å²) in [5.41, 5.74) is 4.47. The summed E-state index contributed by atoms with van der Waals surface area (Å²) in [4.78, 5) is 28.5. The number of aliphatic hydroxyl groups is 1. The van der Waals surface area contributed by atoms with Crippen LogP contribution in [0, 0.1) is 6.92 Å². The van der Waals surface area contributed by atoms with Gasteiger partial charge >= 0.3 is 0 Å². The van der Waals surface area contributed by atoms with Crippen LogP contribution in [-0.2, 0) is 0 Å². The quantitative estimate of drug-likeness (QED) is 0.328. The maximum atomic E-state index is 13.1. The van der Waals surface area contributed by atoms with E-state index in [1.54, 1.807) is 17.0 Å². The minimum Gasteiger partial charge on any atom is -0.393 e. The molecule has 0 aliphatic carbocycles. The summed E-state index contributed by atoms with van der Waals surface area (Å²) < 4.78 is 0. The largest absolute Gasteiger partial charge is 0.393 e. The number of amides is 2. The van der Waals surface area contributed by atoms with E-state index in [1.165, 1.54) is 11.3 Å². The van der Waals surface area contributed by atoms with E-state index < -0.39 is 0 Å². The Labute approximate surface area is 219 Å². The fourth-order valence-corrected chi connectivity index (χ4v) is 5.08. The first-order chi connectivity index (χ1) is 17.0. The molecule has 0 radical (unpaired) electrons. The molecule has 0 bridgehead atoms. The molecule has 1 aliphatic heterocycles. The molecule has 36 heavy (non-hydrogen) atoms. The summed E-state index contributed by atoms with van der Waals surface area (Å²) in [6.45, 7) is 2.94. The maximum Gasteiger partial charge on any atom is 0.266 e. The van der Waals surface area contributed by atoms with E-state index in [2.05, 4.69) is 15.5 Å². The molecule has 1 aliphatic rings. The Morgan fingerprint density at radius 3 is 2.67 bits per heavy atom. The lowest BCUT2D eigenvalue weighted by molar-refractivity contribution is 0.0546. The fraction of sp³-hybridized carbons (Fsp3) is 0.222. The number of likely N-dealkylation sites (tertiary alicyclic amines) is 1. The van der Waals surface area contributed by atoms with Crippen LogP contribution in [0.2, 0.25) is 0 Å². The lowest BCUT2D eigenvalue weighted by Crippen LogP contribution is -2.40. The van der Waals surface area contributed by atoms with Gasteiger partial charge in [-0.05, 0) is 66.6 Å². The van der Waals surface area contributed by atoms with Crippen molar-refractivity contribution in [3.63, 3.8) is 0 Å². The van der Waals surface area contributed by atoms with E-state index in [0.717, 1.165) is 27.7 Å². The third-order valence-electron chi connectivity index (χ3n) is 6.29. The van der Waals surface area contributed by atoms with Crippen LogP contribution in [-0.4, -0.2) is 51.2 Å². The number of aromatic amines is 1. The number of aliphatic hydroxyl groups excluding tert-OH is 1. The van der Waals surface area contributed by atoms with Gasteiger partial charge in [0, 0.05) is 29.7 Å². The molecular formula is C27H27ClN4O3S. The Hall–Kier alpha value is -3.46. The van der Waals surface area contributed by atoms with Crippen molar-refractivity contribution in [3.05, 3.63) is 81.2 Å². The topological polar surface area (TPSA) is 98.3 Å². The van der Waals surface area contributed by atoms with Crippen molar-refractivity contribution in [2.24, 2.45) is 0 Å². The number of rotatable bonds is 5. The highest BCUT2D eigenvalue weighted by molar-refractivity contribution is 7.12. The van der Waals surface area contributed by atoms with Crippen LogP contribution >= 0.6 is 23.7 Å². The molecule has 5 rings (SSSR count). The molecule has 2 amide bonds. The molecule has 3 N–H and O–H groups in total. The number of piperidine rings is 1. The number of thiophene rings is 1. The van der Waals surface area contributed by atoms with E-state index >= 15 is 0 Å². The molecule has 3 heterocycles. The Morgan fingerprint density at radius 1 is 1.14 bits per heavy atom. The molecule has 186 valence electrons.